The Morgan fingerprint density at radius 2 is 1.53 bits per heavy atom. The van der Waals surface area contributed by atoms with Gasteiger partial charge in [0.2, 0.25) is 5.91 Å². The molecule has 0 saturated heterocycles. The first-order valence-corrected chi connectivity index (χ1v) is 6.35. The minimum atomic E-state index is -0.732. The van der Waals surface area contributed by atoms with Crippen molar-refractivity contribution in [2.24, 2.45) is 5.73 Å². The Balaban J connectivity index is 3.16. The molecule has 0 bridgehead atoms. The van der Waals surface area contributed by atoms with Gasteiger partial charge in [0.15, 0.2) is 0 Å². The van der Waals surface area contributed by atoms with Crippen LogP contribution in [0.4, 0.5) is 0 Å². The molecule has 0 unspecified atom stereocenters. The van der Waals surface area contributed by atoms with E-state index >= 15 is 0 Å². The second-order valence-electron chi connectivity index (χ2n) is 4.15. The van der Waals surface area contributed by atoms with E-state index in [2.05, 4.69) is 5.32 Å². The zero-order valence-electron chi connectivity index (χ0n) is 10.4. The number of unbranched alkanes of at least 4 members (excludes halogenated alkanes) is 4. The molecule has 0 saturated carbocycles. The number of rotatable bonds is 11. The highest BCUT2D eigenvalue weighted by atomic mass is 16.4. The monoisotopic (exact) mass is 244 g/mol. The Kier molecular flexibility index (Phi) is 10.7. The van der Waals surface area contributed by atoms with Crippen molar-refractivity contribution >= 4 is 11.9 Å². The Labute approximate surface area is 103 Å². The van der Waals surface area contributed by atoms with Crippen molar-refractivity contribution in [1.29, 1.82) is 0 Å². The van der Waals surface area contributed by atoms with Crippen molar-refractivity contribution in [3.63, 3.8) is 0 Å². The summed E-state index contributed by atoms with van der Waals surface area (Å²) in [5, 5.41) is 11.2. The molecule has 0 aromatic heterocycles. The summed E-state index contributed by atoms with van der Waals surface area (Å²) in [6.45, 7) is 1.26. The molecule has 0 aromatic carbocycles. The van der Waals surface area contributed by atoms with Gasteiger partial charge in [-0.2, -0.15) is 0 Å². The molecule has 0 heterocycles. The van der Waals surface area contributed by atoms with Crippen LogP contribution in [-0.2, 0) is 9.59 Å². The van der Waals surface area contributed by atoms with Crippen LogP contribution in [0.3, 0.4) is 0 Å². The fourth-order valence-corrected chi connectivity index (χ4v) is 1.51. The molecule has 0 aromatic rings. The summed E-state index contributed by atoms with van der Waals surface area (Å²) in [6.07, 6.45) is 6.16. The van der Waals surface area contributed by atoms with Gasteiger partial charge in [-0.25, -0.2) is 0 Å². The molecule has 0 radical (unpaired) electrons. The predicted molar refractivity (Wildman–Crippen MR) is 66.6 cm³/mol. The number of carboxylic acid groups (broad SMARTS) is 1. The van der Waals surface area contributed by atoms with Crippen LogP contribution in [0.1, 0.15) is 51.4 Å². The molecule has 5 nitrogen and oxygen atoms in total. The molecular formula is C12H24N2O3. The van der Waals surface area contributed by atoms with Crippen LogP contribution in [0.2, 0.25) is 0 Å². The van der Waals surface area contributed by atoms with Crippen molar-refractivity contribution in [1.82, 2.24) is 5.32 Å². The third-order valence-corrected chi connectivity index (χ3v) is 2.50. The Hall–Kier alpha value is -1.10. The molecule has 0 rings (SSSR count). The molecule has 0 fully saturated rings. The Bertz CT molecular complexity index is 220. The van der Waals surface area contributed by atoms with Crippen molar-refractivity contribution in [3.05, 3.63) is 0 Å². The summed E-state index contributed by atoms with van der Waals surface area (Å²) in [6, 6.07) is 0. The minimum Gasteiger partial charge on any atom is -0.481 e. The van der Waals surface area contributed by atoms with E-state index in [1.807, 2.05) is 0 Å². The smallest absolute Gasteiger partial charge is 0.303 e. The number of carbonyl (C=O) groups is 2. The van der Waals surface area contributed by atoms with Crippen molar-refractivity contribution in [3.8, 4) is 0 Å². The van der Waals surface area contributed by atoms with Crippen LogP contribution >= 0.6 is 0 Å². The molecular weight excluding hydrogens is 220 g/mol. The maximum atomic E-state index is 11.3. The zero-order valence-corrected chi connectivity index (χ0v) is 10.4. The van der Waals surface area contributed by atoms with Crippen LogP contribution in [0.25, 0.3) is 0 Å². The predicted octanol–water partition coefficient (Wildman–Crippen LogP) is 1.27. The van der Waals surface area contributed by atoms with Crippen molar-refractivity contribution in [2.45, 2.75) is 51.4 Å². The normalized spacial score (nSPS) is 10.2. The molecule has 4 N–H and O–H groups in total. The third kappa shape index (κ3) is 12.8. The lowest BCUT2D eigenvalue weighted by Crippen LogP contribution is -2.25. The maximum absolute atomic E-state index is 11.3. The minimum absolute atomic E-state index is 0.0870. The second kappa shape index (κ2) is 11.4. The summed E-state index contributed by atoms with van der Waals surface area (Å²) < 4.78 is 0. The standard InChI is InChI=1S/C12H24N2O3/c13-9-6-10-14-11(15)7-4-2-1-3-5-8-12(16)17/h1-10,13H2,(H,14,15)(H,16,17). The largest absolute Gasteiger partial charge is 0.481 e. The number of nitrogens with two attached hydrogens (primary N) is 1. The van der Waals surface area contributed by atoms with Gasteiger partial charge in [-0.1, -0.05) is 19.3 Å². The average molecular weight is 244 g/mol. The van der Waals surface area contributed by atoms with E-state index < -0.39 is 5.97 Å². The molecule has 5 heteroatoms. The van der Waals surface area contributed by atoms with E-state index in [1.165, 1.54) is 0 Å². The highest BCUT2D eigenvalue weighted by molar-refractivity contribution is 5.75. The maximum Gasteiger partial charge on any atom is 0.303 e. The second-order valence-corrected chi connectivity index (χ2v) is 4.15. The third-order valence-electron chi connectivity index (χ3n) is 2.50. The topological polar surface area (TPSA) is 92.4 Å². The van der Waals surface area contributed by atoms with E-state index in [1.54, 1.807) is 0 Å². The molecule has 100 valence electrons. The molecule has 0 atom stereocenters. The summed E-state index contributed by atoms with van der Waals surface area (Å²) >= 11 is 0. The molecule has 17 heavy (non-hydrogen) atoms. The highest BCUT2D eigenvalue weighted by Gasteiger charge is 2.00. The molecule has 0 spiro atoms. The number of aliphatic carboxylic acids is 1. The van der Waals surface area contributed by atoms with E-state index in [-0.39, 0.29) is 12.3 Å². The lowest BCUT2D eigenvalue weighted by Gasteiger charge is -2.04. The van der Waals surface area contributed by atoms with Crippen LogP contribution in [0.15, 0.2) is 0 Å². The lowest BCUT2D eigenvalue weighted by molar-refractivity contribution is -0.137. The summed E-state index contributed by atoms with van der Waals surface area (Å²) in [7, 11) is 0. The van der Waals surface area contributed by atoms with Crippen LogP contribution in [-0.4, -0.2) is 30.1 Å². The average Bonchev–Trinajstić information content (AvgIpc) is 2.28. The number of amides is 1. The van der Waals surface area contributed by atoms with Gasteiger partial charge >= 0.3 is 5.97 Å². The SMILES string of the molecule is NCCCNC(=O)CCCCCCCC(=O)O. The highest BCUT2D eigenvalue weighted by Crippen LogP contribution is 2.07. The first kappa shape index (κ1) is 15.9. The van der Waals surface area contributed by atoms with Gasteiger partial charge in [0.25, 0.3) is 0 Å². The van der Waals surface area contributed by atoms with Crippen molar-refractivity contribution < 1.29 is 14.7 Å². The van der Waals surface area contributed by atoms with E-state index in [4.69, 9.17) is 10.8 Å². The number of carbonyl (C=O) groups excluding carboxylic acids is 1. The number of hydrogen-bond acceptors (Lipinski definition) is 3. The van der Waals surface area contributed by atoms with Gasteiger partial charge in [-0.05, 0) is 25.8 Å². The summed E-state index contributed by atoms with van der Waals surface area (Å²) in [5.41, 5.74) is 5.31. The number of nitrogens with one attached hydrogen (secondary N) is 1. The first-order valence-electron chi connectivity index (χ1n) is 6.35. The van der Waals surface area contributed by atoms with Crippen LogP contribution < -0.4 is 11.1 Å². The van der Waals surface area contributed by atoms with Gasteiger partial charge in [-0.3, -0.25) is 9.59 Å². The van der Waals surface area contributed by atoms with Gasteiger partial charge in [0.1, 0.15) is 0 Å². The van der Waals surface area contributed by atoms with E-state index in [0.717, 1.165) is 38.5 Å². The number of carboxylic acids is 1. The fraction of sp³-hybridized carbons (Fsp3) is 0.833. The molecule has 0 aliphatic heterocycles. The fourth-order valence-electron chi connectivity index (χ4n) is 1.51. The zero-order chi connectivity index (χ0) is 12.9. The Morgan fingerprint density at radius 3 is 2.12 bits per heavy atom. The van der Waals surface area contributed by atoms with Gasteiger partial charge in [-0.15, -0.1) is 0 Å². The van der Waals surface area contributed by atoms with E-state index in [9.17, 15) is 9.59 Å². The molecule has 0 aliphatic rings. The van der Waals surface area contributed by atoms with E-state index in [0.29, 0.717) is 19.5 Å². The first-order chi connectivity index (χ1) is 8.16. The molecule has 1 amide bonds. The van der Waals surface area contributed by atoms with Gasteiger partial charge in [0, 0.05) is 19.4 Å². The number of hydrogen-bond donors (Lipinski definition) is 3. The van der Waals surface area contributed by atoms with Crippen molar-refractivity contribution in [2.75, 3.05) is 13.1 Å². The van der Waals surface area contributed by atoms with Gasteiger partial charge < -0.3 is 16.2 Å². The summed E-state index contributed by atoms with van der Waals surface area (Å²) in [4.78, 5) is 21.5. The van der Waals surface area contributed by atoms with Crippen LogP contribution in [0.5, 0.6) is 0 Å². The van der Waals surface area contributed by atoms with Gasteiger partial charge in [0.05, 0.1) is 0 Å². The van der Waals surface area contributed by atoms with Crippen LogP contribution in [0, 0.1) is 0 Å². The summed E-state index contributed by atoms with van der Waals surface area (Å²) in [5.74, 6) is -0.645. The quantitative estimate of drug-likeness (QED) is 0.477. The molecule has 0 aliphatic carbocycles. The Morgan fingerprint density at radius 1 is 0.941 bits per heavy atom. The lowest BCUT2D eigenvalue weighted by atomic mass is 10.1.